The van der Waals surface area contributed by atoms with Crippen molar-refractivity contribution in [3.05, 3.63) is 42.5 Å². The lowest BCUT2D eigenvalue weighted by Gasteiger charge is -2.27. The summed E-state index contributed by atoms with van der Waals surface area (Å²) in [6.45, 7) is 0. The Balaban J connectivity index is 2.52. The standard InChI is InChI=1S/C12H13N3O8/c16-10-3-1-2-4-11(10)23-12-8(14(19)20)5-7(13(17)18)6-9(12)15(21)22/h5-6,10-11,16H,1-4H2/t10-,11+/m0/s1. The first-order valence-corrected chi connectivity index (χ1v) is 6.77. The minimum absolute atomic E-state index is 0.381. The van der Waals surface area contributed by atoms with Crippen molar-refractivity contribution < 1.29 is 24.6 Å². The summed E-state index contributed by atoms with van der Waals surface area (Å²) in [5, 5.41) is 42.9. The summed E-state index contributed by atoms with van der Waals surface area (Å²) in [4.78, 5) is 30.1. The molecular weight excluding hydrogens is 314 g/mol. The third kappa shape index (κ3) is 3.51. The number of hydrogen-bond acceptors (Lipinski definition) is 8. The smallest absolute Gasteiger partial charge is 0.325 e. The number of benzene rings is 1. The lowest BCUT2D eigenvalue weighted by atomic mass is 9.95. The van der Waals surface area contributed by atoms with Gasteiger partial charge in [-0.05, 0) is 19.3 Å². The van der Waals surface area contributed by atoms with Crippen molar-refractivity contribution in [3.63, 3.8) is 0 Å². The van der Waals surface area contributed by atoms with E-state index in [1.807, 2.05) is 0 Å². The van der Waals surface area contributed by atoms with Crippen molar-refractivity contribution in [1.82, 2.24) is 0 Å². The van der Waals surface area contributed by atoms with E-state index >= 15 is 0 Å². The number of hydrogen-bond donors (Lipinski definition) is 1. The van der Waals surface area contributed by atoms with Crippen LogP contribution in [0.4, 0.5) is 17.1 Å². The van der Waals surface area contributed by atoms with Crippen molar-refractivity contribution in [2.75, 3.05) is 0 Å². The van der Waals surface area contributed by atoms with Crippen LogP contribution >= 0.6 is 0 Å². The molecule has 0 aromatic heterocycles. The van der Waals surface area contributed by atoms with E-state index < -0.39 is 49.8 Å². The van der Waals surface area contributed by atoms with E-state index in [1.165, 1.54) is 0 Å². The summed E-state index contributed by atoms with van der Waals surface area (Å²) >= 11 is 0. The summed E-state index contributed by atoms with van der Waals surface area (Å²) in [6.07, 6.45) is 0.522. The van der Waals surface area contributed by atoms with Crippen LogP contribution in [0.5, 0.6) is 5.75 Å². The Morgan fingerprint density at radius 2 is 1.48 bits per heavy atom. The molecule has 0 spiro atoms. The Morgan fingerprint density at radius 1 is 0.957 bits per heavy atom. The van der Waals surface area contributed by atoms with Gasteiger partial charge in [-0.2, -0.15) is 0 Å². The van der Waals surface area contributed by atoms with Crippen LogP contribution in [0.15, 0.2) is 12.1 Å². The van der Waals surface area contributed by atoms with Gasteiger partial charge in [0.05, 0.1) is 33.0 Å². The second kappa shape index (κ2) is 6.52. The first-order chi connectivity index (χ1) is 10.8. The van der Waals surface area contributed by atoms with Gasteiger partial charge in [-0.3, -0.25) is 30.3 Å². The van der Waals surface area contributed by atoms with Gasteiger partial charge < -0.3 is 9.84 Å². The van der Waals surface area contributed by atoms with Gasteiger partial charge in [0.2, 0.25) is 0 Å². The van der Waals surface area contributed by atoms with E-state index in [4.69, 9.17) is 4.74 Å². The molecule has 1 fully saturated rings. The number of aliphatic hydroxyl groups excluding tert-OH is 1. The average molecular weight is 327 g/mol. The van der Waals surface area contributed by atoms with Crippen molar-refractivity contribution in [1.29, 1.82) is 0 Å². The Kier molecular flexibility index (Phi) is 4.69. The van der Waals surface area contributed by atoms with Crippen molar-refractivity contribution in [2.45, 2.75) is 37.9 Å². The fourth-order valence-corrected chi connectivity index (χ4v) is 2.45. The summed E-state index contributed by atoms with van der Waals surface area (Å²) < 4.78 is 5.33. The van der Waals surface area contributed by atoms with Gasteiger partial charge in [0, 0.05) is 0 Å². The number of rotatable bonds is 5. The van der Waals surface area contributed by atoms with Crippen molar-refractivity contribution >= 4 is 17.1 Å². The number of nitro groups is 3. The van der Waals surface area contributed by atoms with Crippen LogP contribution in [-0.2, 0) is 0 Å². The fourth-order valence-electron chi connectivity index (χ4n) is 2.45. The second-order valence-corrected chi connectivity index (χ2v) is 5.09. The lowest BCUT2D eigenvalue weighted by molar-refractivity contribution is -0.404. The predicted molar refractivity (Wildman–Crippen MR) is 75.3 cm³/mol. The van der Waals surface area contributed by atoms with E-state index in [0.717, 1.165) is 6.42 Å². The monoisotopic (exact) mass is 327 g/mol. The normalized spacial score (nSPS) is 20.7. The Labute approximate surface area is 128 Å². The van der Waals surface area contributed by atoms with E-state index in [1.54, 1.807) is 0 Å². The van der Waals surface area contributed by atoms with Gasteiger partial charge in [-0.1, -0.05) is 6.42 Å². The molecule has 0 aliphatic heterocycles. The zero-order valence-corrected chi connectivity index (χ0v) is 11.8. The first-order valence-electron chi connectivity index (χ1n) is 6.77. The summed E-state index contributed by atoms with van der Waals surface area (Å²) in [6, 6.07) is 1.22. The molecule has 1 aromatic carbocycles. The minimum Gasteiger partial charge on any atom is -0.476 e. The Morgan fingerprint density at radius 3 is 1.91 bits per heavy atom. The van der Waals surface area contributed by atoms with Gasteiger partial charge in [-0.25, -0.2) is 0 Å². The molecule has 0 amide bonds. The van der Waals surface area contributed by atoms with Crippen molar-refractivity contribution in [2.24, 2.45) is 0 Å². The molecule has 1 N–H and O–H groups in total. The average Bonchev–Trinajstić information content (AvgIpc) is 2.48. The fraction of sp³-hybridized carbons (Fsp3) is 0.500. The molecule has 2 atom stereocenters. The molecule has 0 saturated heterocycles. The molecule has 23 heavy (non-hydrogen) atoms. The highest BCUT2D eigenvalue weighted by Crippen LogP contribution is 2.42. The van der Waals surface area contributed by atoms with Crippen LogP contribution in [0.2, 0.25) is 0 Å². The molecule has 0 bridgehead atoms. The van der Waals surface area contributed by atoms with Crippen LogP contribution in [0.3, 0.4) is 0 Å². The van der Waals surface area contributed by atoms with E-state index in [2.05, 4.69) is 0 Å². The second-order valence-electron chi connectivity index (χ2n) is 5.09. The highest BCUT2D eigenvalue weighted by atomic mass is 16.6. The number of ether oxygens (including phenoxy) is 1. The summed E-state index contributed by atoms with van der Waals surface area (Å²) in [7, 11) is 0. The maximum atomic E-state index is 11.1. The molecule has 1 aromatic rings. The number of non-ortho nitro benzene ring substituents is 1. The van der Waals surface area contributed by atoms with Crippen LogP contribution in [-0.4, -0.2) is 32.1 Å². The quantitative estimate of drug-likeness (QED) is 0.635. The third-order valence-corrected chi connectivity index (χ3v) is 3.58. The van der Waals surface area contributed by atoms with E-state index in [9.17, 15) is 35.4 Å². The molecule has 11 heteroatoms. The molecule has 11 nitrogen and oxygen atoms in total. The van der Waals surface area contributed by atoms with Crippen LogP contribution in [0.25, 0.3) is 0 Å². The van der Waals surface area contributed by atoms with Gasteiger partial charge >= 0.3 is 11.4 Å². The highest BCUT2D eigenvalue weighted by Gasteiger charge is 2.35. The lowest BCUT2D eigenvalue weighted by Crippen LogP contribution is -2.35. The molecule has 1 saturated carbocycles. The molecule has 0 radical (unpaired) electrons. The highest BCUT2D eigenvalue weighted by molar-refractivity contribution is 5.65. The third-order valence-electron chi connectivity index (χ3n) is 3.58. The number of aliphatic hydroxyl groups is 1. The van der Waals surface area contributed by atoms with E-state index in [-0.39, 0.29) is 0 Å². The van der Waals surface area contributed by atoms with Crippen LogP contribution in [0, 0.1) is 30.3 Å². The first kappa shape index (κ1) is 16.5. The molecular formula is C12H13N3O8. The zero-order chi connectivity index (χ0) is 17.1. The van der Waals surface area contributed by atoms with Gasteiger partial charge in [0.1, 0.15) is 6.10 Å². The summed E-state index contributed by atoms with van der Waals surface area (Å²) in [5.74, 6) is -0.670. The predicted octanol–water partition coefficient (Wildman–Crippen LogP) is 2.09. The molecule has 1 aliphatic rings. The molecule has 1 aliphatic carbocycles. The SMILES string of the molecule is O=[N+]([O-])c1cc([N+](=O)[O-])c(O[C@@H]2CCCC[C@@H]2O)c([N+](=O)[O-])c1. The largest absolute Gasteiger partial charge is 0.476 e. The maximum Gasteiger partial charge on any atom is 0.325 e. The molecule has 124 valence electrons. The van der Waals surface area contributed by atoms with Gasteiger partial charge in [0.25, 0.3) is 11.4 Å². The van der Waals surface area contributed by atoms with Crippen molar-refractivity contribution in [3.8, 4) is 5.75 Å². The number of nitro benzene ring substituents is 3. The van der Waals surface area contributed by atoms with Crippen LogP contribution < -0.4 is 4.74 Å². The maximum absolute atomic E-state index is 11.1. The molecule has 0 unspecified atom stereocenters. The zero-order valence-electron chi connectivity index (χ0n) is 11.8. The summed E-state index contributed by atoms with van der Waals surface area (Å²) in [5.41, 5.74) is -2.52. The van der Waals surface area contributed by atoms with Gasteiger partial charge in [0.15, 0.2) is 0 Å². The van der Waals surface area contributed by atoms with Gasteiger partial charge in [-0.15, -0.1) is 0 Å². The Bertz CT molecular complexity index is 627. The van der Waals surface area contributed by atoms with Crippen LogP contribution in [0.1, 0.15) is 25.7 Å². The minimum atomic E-state index is -0.982. The molecule has 0 heterocycles. The Hall–Kier alpha value is -2.82. The number of nitrogens with zero attached hydrogens (tertiary/aromatic N) is 3. The molecule has 2 rings (SSSR count). The topological polar surface area (TPSA) is 159 Å². The van der Waals surface area contributed by atoms with E-state index in [0.29, 0.717) is 31.4 Å².